The van der Waals surface area contributed by atoms with Gasteiger partial charge >= 0.3 is 5.97 Å². The number of amides is 1. The number of carbonyl (C=O) groups excluding carboxylic acids is 1. The number of hydrazone groups is 1. The molecule has 182 valence electrons. The normalized spacial score (nSPS) is 10.9. The van der Waals surface area contributed by atoms with E-state index in [-0.39, 0.29) is 34.6 Å². The smallest absolute Gasteiger partial charge is 0.335 e. The molecule has 0 radical (unpaired) electrons. The summed E-state index contributed by atoms with van der Waals surface area (Å²) >= 11 is 22.2. The Bertz CT molecular complexity index is 1260. The third-order valence-electron chi connectivity index (χ3n) is 4.33. The molecule has 0 fully saturated rings. The Morgan fingerprint density at radius 2 is 1.66 bits per heavy atom. The SMILES string of the molecule is O=C(COc1cc(Cl)cc(Cl)c1Cl)N/N=C\c1cc(I)c(OCc2ccc(C(=O)O)cc2)c(I)c1. The van der Waals surface area contributed by atoms with Gasteiger partial charge in [0.25, 0.3) is 5.91 Å². The Kier molecular flexibility index (Phi) is 10.3. The van der Waals surface area contributed by atoms with Crippen molar-refractivity contribution in [3.63, 3.8) is 0 Å². The number of carboxylic acids is 1. The number of hydrogen-bond donors (Lipinski definition) is 2. The van der Waals surface area contributed by atoms with Gasteiger partial charge in [0.1, 0.15) is 23.1 Å². The Morgan fingerprint density at radius 3 is 2.29 bits per heavy atom. The fourth-order valence-electron chi connectivity index (χ4n) is 2.68. The largest absolute Gasteiger partial charge is 0.487 e. The number of aromatic carboxylic acids is 1. The van der Waals surface area contributed by atoms with Crippen LogP contribution in [0.15, 0.2) is 53.6 Å². The first-order valence-electron chi connectivity index (χ1n) is 9.67. The monoisotopic (exact) mass is 758 g/mol. The van der Waals surface area contributed by atoms with E-state index in [0.29, 0.717) is 10.8 Å². The molecule has 3 rings (SSSR count). The molecule has 0 heterocycles. The predicted molar refractivity (Wildman–Crippen MR) is 152 cm³/mol. The van der Waals surface area contributed by atoms with Crippen LogP contribution in [0, 0.1) is 7.14 Å². The minimum absolute atomic E-state index is 0.163. The van der Waals surface area contributed by atoms with Gasteiger partial charge in [0.2, 0.25) is 0 Å². The molecule has 0 aliphatic rings. The van der Waals surface area contributed by atoms with Crippen molar-refractivity contribution in [2.45, 2.75) is 6.61 Å². The number of benzene rings is 3. The third-order valence-corrected chi connectivity index (χ3v) is 6.93. The first-order valence-corrected chi connectivity index (χ1v) is 13.0. The molecule has 0 bridgehead atoms. The molecule has 12 heteroatoms. The summed E-state index contributed by atoms with van der Waals surface area (Å²) < 4.78 is 13.0. The fraction of sp³-hybridized carbons (Fsp3) is 0.0870. The van der Waals surface area contributed by atoms with Crippen LogP contribution in [0.25, 0.3) is 0 Å². The zero-order chi connectivity index (χ0) is 25.5. The van der Waals surface area contributed by atoms with Crippen molar-refractivity contribution < 1.29 is 24.2 Å². The minimum Gasteiger partial charge on any atom is -0.487 e. The van der Waals surface area contributed by atoms with Crippen LogP contribution in [0.3, 0.4) is 0 Å². The molecular formula is C23H15Cl3I2N2O5. The van der Waals surface area contributed by atoms with E-state index in [2.05, 4.69) is 55.7 Å². The van der Waals surface area contributed by atoms with E-state index in [1.165, 1.54) is 30.5 Å². The van der Waals surface area contributed by atoms with Crippen LogP contribution in [-0.4, -0.2) is 29.8 Å². The average molecular weight is 760 g/mol. The number of carboxylic acid groups (broad SMARTS) is 1. The molecule has 0 aliphatic heterocycles. The van der Waals surface area contributed by atoms with Gasteiger partial charge in [-0.3, -0.25) is 4.79 Å². The zero-order valence-corrected chi connectivity index (χ0v) is 24.1. The van der Waals surface area contributed by atoms with E-state index in [1.54, 1.807) is 12.1 Å². The van der Waals surface area contributed by atoms with Crippen molar-refractivity contribution in [3.05, 3.63) is 87.4 Å². The van der Waals surface area contributed by atoms with Gasteiger partial charge in [0.05, 0.1) is 23.9 Å². The van der Waals surface area contributed by atoms with Gasteiger partial charge in [-0.05, 0) is 86.6 Å². The highest BCUT2D eigenvalue weighted by Gasteiger charge is 2.11. The van der Waals surface area contributed by atoms with Crippen molar-refractivity contribution in [2.75, 3.05) is 6.61 Å². The lowest BCUT2D eigenvalue weighted by Gasteiger charge is -2.12. The molecule has 0 spiro atoms. The van der Waals surface area contributed by atoms with E-state index >= 15 is 0 Å². The van der Waals surface area contributed by atoms with Gasteiger partial charge in [0.15, 0.2) is 6.61 Å². The molecule has 0 aromatic heterocycles. The first-order chi connectivity index (χ1) is 16.6. The number of nitrogens with zero attached hydrogens (tertiary/aromatic N) is 1. The quantitative estimate of drug-likeness (QED) is 0.110. The summed E-state index contributed by atoms with van der Waals surface area (Å²) in [5, 5.41) is 13.7. The highest BCUT2D eigenvalue weighted by atomic mass is 127. The maximum Gasteiger partial charge on any atom is 0.335 e. The van der Waals surface area contributed by atoms with Gasteiger partial charge < -0.3 is 14.6 Å². The molecule has 7 nitrogen and oxygen atoms in total. The minimum atomic E-state index is -0.974. The summed E-state index contributed by atoms with van der Waals surface area (Å²) in [5.41, 5.74) is 4.20. The molecule has 3 aromatic rings. The topological polar surface area (TPSA) is 97.2 Å². The Hall–Kier alpha value is -1.80. The van der Waals surface area contributed by atoms with Gasteiger partial charge in [-0.15, -0.1) is 0 Å². The standard InChI is InChI=1S/C23H15Cl3I2N2O5/c24-15-7-16(25)21(26)19(8-15)34-11-20(31)30-29-9-13-5-17(27)22(18(28)6-13)35-10-12-1-3-14(4-2-12)23(32)33/h1-9H,10-11H2,(H,30,31)(H,32,33)/b29-9-. The van der Waals surface area contributed by atoms with E-state index in [4.69, 9.17) is 49.4 Å². The molecule has 2 N–H and O–H groups in total. The first kappa shape index (κ1) is 27.8. The van der Waals surface area contributed by atoms with Crippen molar-refractivity contribution in [2.24, 2.45) is 5.10 Å². The average Bonchev–Trinajstić information content (AvgIpc) is 2.80. The molecule has 35 heavy (non-hydrogen) atoms. The lowest BCUT2D eigenvalue weighted by Crippen LogP contribution is -2.24. The van der Waals surface area contributed by atoms with Gasteiger partial charge in [-0.2, -0.15) is 5.10 Å². The Morgan fingerprint density at radius 1 is 1.00 bits per heavy atom. The van der Waals surface area contributed by atoms with Crippen molar-refractivity contribution in [3.8, 4) is 11.5 Å². The summed E-state index contributed by atoms with van der Waals surface area (Å²) in [6, 6.07) is 13.1. The lowest BCUT2D eigenvalue weighted by molar-refractivity contribution is -0.123. The Balaban J connectivity index is 1.55. The van der Waals surface area contributed by atoms with E-state index < -0.39 is 11.9 Å². The number of halogens is 5. The second-order valence-corrected chi connectivity index (χ2v) is 10.4. The number of nitrogens with one attached hydrogen (secondary N) is 1. The van der Waals surface area contributed by atoms with Crippen molar-refractivity contribution in [1.82, 2.24) is 5.43 Å². The molecule has 0 unspecified atom stereocenters. The number of rotatable bonds is 9. The van der Waals surface area contributed by atoms with Crippen LogP contribution >= 0.6 is 80.0 Å². The summed E-state index contributed by atoms with van der Waals surface area (Å²) in [5.74, 6) is -0.578. The van der Waals surface area contributed by atoms with Gasteiger partial charge in [-0.25, -0.2) is 10.2 Å². The number of hydrogen-bond acceptors (Lipinski definition) is 5. The van der Waals surface area contributed by atoms with E-state index in [9.17, 15) is 9.59 Å². The molecular weight excluding hydrogens is 744 g/mol. The number of ether oxygens (including phenoxy) is 2. The summed E-state index contributed by atoms with van der Waals surface area (Å²) in [6.45, 7) is -0.0414. The van der Waals surface area contributed by atoms with Gasteiger partial charge in [-0.1, -0.05) is 46.9 Å². The number of carbonyl (C=O) groups is 2. The van der Waals surface area contributed by atoms with E-state index in [0.717, 1.165) is 18.3 Å². The molecule has 0 atom stereocenters. The Labute approximate surface area is 243 Å². The molecule has 0 saturated carbocycles. The molecule has 0 aliphatic carbocycles. The third kappa shape index (κ3) is 8.10. The van der Waals surface area contributed by atoms with Crippen molar-refractivity contribution >= 4 is 98.1 Å². The van der Waals surface area contributed by atoms with E-state index in [1.807, 2.05) is 12.1 Å². The van der Waals surface area contributed by atoms with Crippen LogP contribution in [-0.2, 0) is 11.4 Å². The molecule has 3 aromatic carbocycles. The van der Waals surface area contributed by atoms with Crippen LogP contribution in [0.1, 0.15) is 21.5 Å². The van der Waals surface area contributed by atoms with Crippen LogP contribution < -0.4 is 14.9 Å². The maximum absolute atomic E-state index is 12.0. The summed E-state index contributed by atoms with van der Waals surface area (Å²) in [6.07, 6.45) is 1.50. The lowest BCUT2D eigenvalue weighted by atomic mass is 10.1. The van der Waals surface area contributed by atoms with Crippen molar-refractivity contribution in [1.29, 1.82) is 0 Å². The maximum atomic E-state index is 12.0. The predicted octanol–water partition coefficient (Wildman–Crippen LogP) is 6.66. The summed E-state index contributed by atoms with van der Waals surface area (Å²) in [7, 11) is 0. The highest BCUT2D eigenvalue weighted by Crippen LogP contribution is 2.35. The second kappa shape index (κ2) is 12.9. The highest BCUT2D eigenvalue weighted by molar-refractivity contribution is 14.1. The summed E-state index contributed by atoms with van der Waals surface area (Å²) in [4.78, 5) is 23.0. The fourth-order valence-corrected chi connectivity index (χ4v) is 5.45. The van der Waals surface area contributed by atoms with Crippen LogP contribution in [0.5, 0.6) is 11.5 Å². The molecule has 0 saturated heterocycles. The second-order valence-electron chi connectivity index (χ2n) is 6.89. The molecule has 1 amide bonds. The van der Waals surface area contributed by atoms with Gasteiger partial charge in [0, 0.05) is 11.1 Å². The van der Waals surface area contributed by atoms with Crippen LogP contribution in [0.2, 0.25) is 15.1 Å². The van der Waals surface area contributed by atoms with Crippen LogP contribution in [0.4, 0.5) is 0 Å². The zero-order valence-electron chi connectivity index (χ0n) is 17.5.